The van der Waals surface area contributed by atoms with Gasteiger partial charge in [0.1, 0.15) is 0 Å². The van der Waals surface area contributed by atoms with Gasteiger partial charge in [-0.25, -0.2) is 0 Å². The highest BCUT2D eigenvalue weighted by molar-refractivity contribution is 6.13. The fraction of sp³-hybridized carbons (Fsp3) is 0.308. The molecule has 1 saturated carbocycles. The minimum atomic E-state index is 0.128. The van der Waals surface area contributed by atoms with Crippen LogP contribution < -0.4 is 0 Å². The van der Waals surface area contributed by atoms with Crippen molar-refractivity contribution < 1.29 is 9.59 Å². The van der Waals surface area contributed by atoms with E-state index in [4.69, 9.17) is 0 Å². The van der Waals surface area contributed by atoms with E-state index in [2.05, 4.69) is 4.99 Å². The van der Waals surface area contributed by atoms with Crippen LogP contribution in [0.3, 0.4) is 0 Å². The van der Waals surface area contributed by atoms with Crippen LogP contribution in [0.2, 0.25) is 0 Å². The quantitative estimate of drug-likeness (QED) is 0.700. The number of fused-ring (bicyclic) bond motifs is 2. The van der Waals surface area contributed by atoms with Gasteiger partial charge in [-0.1, -0.05) is 0 Å². The SMILES string of the molecule is CN=C1CC12Cc1cc(C=O)c(C=O)cc12. The molecular weight excluding hydrogens is 202 g/mol. The van der Waals surface area contributed by atoms with E-state index in [-0.39, 0.29) is 5.41 Å². The van der Waals surface area contributed by atoms with Crippen molar-refractivity contribution in [2.75, 3.05) is 7.05 Å². The van der Waals surface area contributed by atoms with Crippen LogP contribution >= 0.6 is 0 Å². The van der Waals surface area contributed by atoms with Crippen LogP contribution in [-0.2, 0) is 11.8 Å². The van der Waals surface area contributed by atoms with Gasteiger partial charge < -0.3 is 0 Å². The first-order valence-corrected chi connectivity index (χ1v) is 5.29. The molecule has 0 radical (unpaired) electrons. The van der Waals surface area contributed by atoms with Gasteiger partial charge >= 0.3 is 0 Å². The van der Waals surface area contributed by atoms with Crippen LogP contribution in [0.15, 0.2) is 17.1 Å². The van der Waals surface area contributed by atoms with Crippen LogP contribution in [0.1, 0.15) is 38.3 Å². The minimum Gasteiger partial charge on any atom is -0.298 e. The molecule has 16 heavy (non-hydrogen) atoms. The second kappa shape index (κ2) is 2.88. The number of carbonyl (C=O) groups excluding carboxylic acids is 2. The summed E-state index contributed by atoms with van der Waals surface area (Å²) in [7, 11) is 1.81. The molecule has 0 heterocycles. The van der Waals surface area contributed by atoms with Gasteiger partial charge in [0.2, 0.25) is 0 Å². The van der Waals surface area contributed by atoms with Crippen molar-refractivity contribution in [2.45, 2.75) is 18.3 Å². The molecule has 1 spiro atoms. The second-order valence-corrected chi connectivity index (χ2v) is 4.48. The van der Waals surface area contributed by atoms with E-state index in [0.717, 1.165) is 25.4 Å². The predicted molar refractivity (Wildman–Crippen MR) is 60.6 cm³/mol. The van der Waals surface area contributed by atoms with E-state index in [0.29, 0.717) is 11.1 Å². The molecular formula is C13H11NO2. The molecule has 3 nitrogen and oxygen atoms in total. The minimum absolute atomic E-state index is 0.128. The summed E-state index contributed by atoms with van der Waals surface area (Å²) in [4.78, 5) is 25.9. The lowest BCUT2D eigenvalue weighted by molar-refractivity contribution is 0.109. The molecule has 1 fully saturated rings. The largest absolute Gasteiger partial charge is 0.298 e. The van der Waals surface area contributed by atoms with Gasteiger partial charge in [-0.3, -0.25) is 14.6 Å². The molecule has 1 aromatic carbocycles. The number of benzene rings is 1. The van der Waals surface area contributed by atoms with E-state index in [9.17, 15) is 9.59 Å². The van der Waals surface area contributed by atoms with Crippen LogP contribution in [0, 0.1) is 0 Å². The summed E-state index contributed by atoms with van der Waals surface area (Å²) in [5.74, 6) is 0. The molecule has 1 unspecified atom stereocenters. The van der Waals surface area contributed by atoms with Crippen molar-refractivity contribution in [3.8, 4) is 0 Å². The lowest BCUT2D eigenvalue weighted by Crippen LogP contribution is -2.28. The molecule has 0 amide bonds. The molecule has 0 aliphatic heterocycles. The third kappa shape index (κ3) is 0.953. The Morgan fingerprint density at radius 1 is 1.19 bits per heavy atom. The van der Waals surface area contributed by atoms with Gasteiger partial charge in [-0.15, -0.1) is 0 Å². The number of nitrogens with zero attached hydrogens (tertiary/aromatic N) is 1. The van der Waals surface area contributed by atoms with Gasteiger partial charge in [0, 0.05) is 35.7 Å². The zero-order valence-electron chi connectivity index (χ0n) is 8.99. The summed E-state index contributed by atoms with van der Waals surface area (Å²) in [5.41, 5.74) is 4.72. The Balaban J connectivity index is 2.12. The summed E-state index contributed by atoms with van der Waals surface area (Å²) in [6.07, 6.45) is 3.47. The monoisotopic (exact) mass is 213 g/mol. The van der Waals surface area contributed by atoms with Gasteiger partial charge in [0.25, 0.3) is 0 Å². The van der Waals surface area contributed by atoms with Crippen molar-refractivity contribution >= 4 is 18.3 Å². The Labute approximate surface area is 93.2 Å². The second-order valence-electron chi connectivity index (χ2n) is 4.48. The van der Waals surface area contributed by atoms with E-state index < -0.39 is 0 Å². The number of aliphatic imine (C=N–C) groups is 1. The molecule has 1 atom stereocenters. The van der Waals surface area contributed by atoms with Crippen LogP contribution in [-0.4, -0.2) is 25.3 Å². The molecule has 3 heteroatoms. The zero-order valence-corrected chi connectivity index (χ0v) is 8.99. The first-order chi connectivity index (χ1) is 7.75. The Morgan fingerprint density at radius 3 is 2.44 bits per heavy atom. The highest BCUT2D eigenvalue weighted by atomic mass is 16.1. The van der Waals surface area contributed by atoms with Crippen LogP contribution in [0.25, 0.3) is 0 Å². The Hall–Kier alpha value is -1.77. The van der Waals surface area contributed by atoms with Crippen LogP contribution in [0.4, 0.5) is 0 Å². The van der Waals surface area contributed by atoms with Crippen molar-refractivity contribution in [1.29, 1.82) is 0 Å². The molecule has 3 rings (SSSR count). The molecule has 0 N–H and O–H groups in total. The summed E-state index contributed by atoms with van der Waals surface area (Å²) in [6, 6.07) is 3.69. The predicted octanol–water partition coefficient (Wildman–Crippen LogP) is 1.58. The number of carbonyl (C=O) groups is 2. The molecule has 1 aromatic rings. The van der Waals surface area contributed by atoms with Crippen molar-refractivity contribution in [3.63, 3.8) is 0 Å². The zero-order chi connectivity index (χ0) is 11.3. The highest BCUT2D eigenvalue weighted by Crippen LogP contribution is 2.56. The third-order valence-electron chi connectivity index (χ3n) is 3.74. The highest BCUT2D eigenvalue weighted by Gasteiger charge is 2.58. The Bertz CT molecular complexity index is 545. The van der Waals surface area contributed by atoms with E-state index in [1.165, 1.54) is 16.8 Å². The molecule has 0 saturated heterocycles. The first-order valence-electron chi connectivity index (χ1n) is 5.29. The fourth-order valence-corrected chi connectivity index (χ4v) is 2.74. The maximum Gasteiger partial charge on any atom is 0.150 e. The average Bonchev–Trinajstić information content (AvgIpc) is 3.03. The molecule has 0 bridgehead atoms. The number of aldehydes is 2. The van der Waals surface area contributed by atoms with Gasteiger partial charge in [-0.2, -0.15) is 0 Å². The summed E-state index contributed by atoms with van der Waals surface area (Å²) in [6.45, 7) is 0. The lowest BCUT2D eigenvalue weighted by atomic mass is 9.72. The van der Waals surface area contributed by atoms with Crippen molar-refractivity contribution in [3.05, 3.63) is 34.4 Å². The average molecular weight is 213 g/mol. The topological polar surface area (TPSA) is 46.5 Å². The normalized spacial score (nSPS) is 27.4. The summed E-state index contributed by atoms with van der Waals surface area (Å²) in [5, 5.41) is 0. The molecule has 80 valence electrons. The first kappa shape index (κ1) is 9.46. The lowest BCUT2D eigenvalue weighted by Gasteiger charge is -2.30. The van der Waals surface area contributed by atoms with E-state index in [1.807, 2.05) is 19.2 Å². The summed E-state index contributed by atoms with van der Waals surface area (Å²) >= 11 is 0. The fourth-order valence-electron chi connectivity index (χ4n) is 2.74. The van der Waals surface area contributed by atoms with Crippen molar-refractivity contribution in [1.82, 2.24) is 0 Å². The molecule has 2 aliphatic carbocycles. The van der Waals surface area contributed by atoms with Gasteiger partial charge in [0.05, 0.1) is 0 Å². The maximum absolute atomic E-state index is 10.9. The van der Waals surface area contributed by atoms with Crippen molar-refractivity contribution in [2.24, 2.45) is 4.99 Å². The Kier molecular flexibility index (Phi) is 1.70. The smallest absolute Gasteiger partial charge is 0.150 e. The van der Waals surface area contributed by atoms with Crippen LogP contribution in [0.5, 0.6) is 0 Å². The standard InChI is InChI=1S/C13H11NO2/c1-14-12-5-13(12)4-8-2-9(6-15)10(7-16)3-11(8)13/h2-3,6-7H,4-5H2,1H3. The Morgan fingerprint density at radius 2 is 1.88 bits per heavy atom. The van der Waals surface area contributed by atoms with Gasteiger partial charge in [0.15, 0.2) is 12.6 Å². The molecule has 2 aliphatic rings. The molecule has 0 aromatic heterocycles. The number of hydrogen-bond donors (Lipinski definition) is 0. The van der Waals surface area contributed by atoms with E-state index in [1.54, 1.807) is 0 Å². The third-order valence-corrected chi connectivity index (χ3v) is 3.74. The summed E-state index contributed by atoms with van der Waals surface area (Å²) < 4.78 is 0. The van der Waals surface area contributed by atoms with Gasteiger partial charge in [-0.05, 0) is 29.7 Å². The number of hydrogen-bond acceptors (Lipinski definition) is 3. The number of rotatable bonds is 2. The maximum atomic E-state index is 10.9. The van der Waals surface area contributed by atoms with E-state index >= 15 is 0 Å².